The molecule has 0 spiro atoms. The zero-order chi connectivity index (χ0) is 20.5. The topological polar surface area (TPSA) is 76.9 Å². The summed E-state index contributed by atoms with van der Waals surface area (Å²) in [6.07, 6.45) is 6.35. The predicted octanol–water partition coefficient (Wildman–Crippen LogP) is 4.04. The number of hydrogen-bond donors (Lipinski definition) is 1. The van der Waals surface area contributed by atoms with E-state index in [2.05, 4.69) is 33.6 Å². The molecule has 7 heteroatoms. The van der Waals surface area contributed by atoms with Gasteiger partial charge in [-0.3, -0.25) is 9.59 Å². The van der Waals surface area contributed by atoms with Crippen LogP contribution >= 0.6 is 11.3 Å². The van der Waals surface area contributed by atoms with E-state index in [1.54, 1.807) is 18.3 Å². The van der Waals surface area contributed by atoms with Crippen molar-refractivity contribution in [3.63, 3.8) is 0 Å². The maximum Gasteiger partial charge on any atom is 0.275 e. The van der Waals surface area contributed by atoms with Crippen LogP contribution < -0.4 is 10.9 Å². The average Bonchev–Trinajstić information content (AvgIpc) is 3.24. The van der Waals surface area contributed by atoms with Gasteiger partial charge in [0.15, 0.2) is 5.13 Å². The Kier molecular flexibility index (Phi) is 4.88. The number of nitrogens with one attached hydrogen (secondary N) is 1. The van der Waals surface area contributed by atoms with Gasteiger partial charge < -0.3 is 5.32 Å². The molecule has 150 valence electrons. The number of thiazole rings is 1. The van der Waals surface area contributed by atoms with Gasteiger partial charge in [0.2, 0.25) is 5.91 Å². The number of fused-ring (bicyclic) bond motifs is 2. The fraction of sp³-hybridized carbons (Fsp3) is 0.217. The first-order valence-electron chi connectivity index (χ1n) is 10.00. The van der Waals surface area contributed by atoms with Crippen LogP contribution in [0.4, 0.5) is 5.13 Å². The van der Waals surface area contributed by atoms with Crippen molar-refractivity contribution in [2.45, 2.75) is 32.2 Å². The van der Waals surface area contributed by atoms with Crippen LogP contribution in [-0.2, 0) is 24.2 Å². The Labute approximate surface area is 177 Å². The Morgan fingerprint density at radius 1 is 1.10 bits per heavy atom. The fourth-order valence-electron chi connectivity index (χ4n) is 3.89. The van der Waals surface area contributed by atoms with Crippen molar-refractivity contribution in [2.24, 2.45) is 0 Å². The molecule has 0 bridgehead atoms. The summed E-state index contributed by atoms with van der Waals surface area (Å²) in [5, 5.41) is 10.7. The van der Waals surface area contributed by atoms with Gasteiger partial charge in [-0.1, -0.05) is 30.3 Å². The molecular weight excluding hydrogens is 396 g/mol. The van der Waals surface area contributed by atoms with Crippen LogP contribution in [0.1, 0.15) is 24.0 Å². The van der Waals surface area contributed by atoms with Gasteiger partial charge in [-0.2, -0.15) is 5.10 Å². The molecule has 5 rings (SSSR count). The molecule has 2 heterocycles. The Balaban J connectivity index is 1.31. The maximum absolute atomic E-state index is 12.5. The minimum absolute atomic E-state index is 0.155. The van der Waals surface area contributed by atoms with Gasteiger partial charge in [-0.15, -0.1) is 11.3 Å². The molecule has 1 aliphatic carbocycles. The summed E-state index contributed by atoms with van der Waals surface area (Å²) in [6, 6.07) is 13.7. The molecule has 0 atom stereocenters. The van der Waals surface area contributed by atoms with Crippen LogP contribution in [0.5, 0.6) is 0 Å². The van der Waals surface area contributed by atoms with Crippen molar-refractivity contribution >= 4 is 33.1 Å². The summed E-state index contributed by atoms with van der Waals surface area (Å²) >= 11 is 1.38. The van der Waals surface area contributed by atoms with Crippen LogP contribution in [0.15, 0.2) is 58.8 Å². The Hall–Kier alpha value is -3.32. The van der Waals surface area contributed by atoms with E-state index < -0.39 is 0 Å². The zero-order valence-corrected chi connectivity index (χ0v) is 17.1. The second-order valence-electron chi connectivity index (χ2n) is 7.47. The molecule has 0 saturated heterocycles. The molecule has 6 nitrogen and oxygen atoms in total. The monoisotopic (exact) mass is 416 g/mol. The van der Waals surface area contributed by atoms with E-state index in [1.807, 2.05) is 17.5 Å². The number of carbonyl (C=O) groups is 1. The molecule has 2 aromatic heterocycles. The number of rotatable bonds is 4. The van der Waals surface area contributed by atoms with E-state index in [0.717, 1.165) is 29.5 Å². The third kappa shape index (κ3) is 3.64. The van der Waals surface area contributed by atoms with E-state index in [9.17, 15) is 9.59 Å². The molecule has 0 fully saturated rings. The van der Waals surface area contributed by atoms with Crippen molar-refractivity contribution in [3.8, 4) is 11.3 Å². The number of nitrogens with zero attached hydrogens (tertiary/aromatic N) is 3. The number of benzene rings is 2. The molecule has 30 heavy (non-hydrogen) atoms. The van der Waals surface area contributed by atoms with Crippen molar-refractivity contribution in [2.75, 3.05) is 5.32 Å². The number of amides is 1. The van der Waals surface area contributed by atoms with Crippen molar-refractivity contribution < 1.29 is 4.79 Å². The third-order valence-electron chi connectivity index (χ3n) is 5.45. The van der Waals surface area contributed by atoms with Crippen LogP contribution in [0.3, 0.4) is 0 Å². The summed E-state index contributed by atoms with van der Waals surface area (Å²) < 4.78 is 1.18. The number of carbonyl (C=O) groups excluding carboxylic acids is 1. The molecule has 0 aliphatic heterocycles. The van der Waals surface area contributed by atoms with Gasteiger partial charge in [0.1, 0.15) is 6.54 Å². The van der Waals surface area contributed by atoms with E-state index in [-0.39, 0.29) is 18.0 Å². The molecule has 0 radical (unpaired) electrons. The van der Waals surface area contributed by atoms with Gasteiger partial charge >= 0.3 is 0 Å². The number of anilines is 1. The largest absolute Gasteiger partial charge is 0.300 e. The van der Waals surface area contributed by atoms with E-state index in [0.29, 0.717) is 10.5 Å². The molecule has 4 aromatic rings. The van der Waals surface area contributed by atoms with Crippen molar-refractivity contribution in [1.29, 1.82) is 0 Å². The summed E-state index contributed by atoms with van der Waals surface area (Å²) in [7, 11) is 0. The highest BCUT2D eigenvalue weighted by Gasteiger charge is 2.14. The smallest absolute Gasteiger partial charge is 0.275 e. The molecule has 0 unspecified atom stereocenters. The molecule has 2 aromatic carbocycles. The number of aromatic nitrogens is 3. The summed E-state index contributed by atoms with van der Waals surface area (Å²) in [5.41, 5.74) is 4.47. The van der Waals surface area contributed by atoms with Crippen LogP contribution in [0.25, 0.3) is 22.0 Å². The lowest BCUT2D eigenvalue weighted by Gasteiger charge is -2.16. The van der Waals surface area contributed by atoms with Crippen LogP contribution in [0, 0.1) is 0 Å². The highest BCUT2D eigenvalue weighted by atomic mass is 32.1. The first-order valence-corrected chi connectivity index (χ1v) is 10.9. The SMILES string of the molecule is O=C(Cn1ncc2ccccc2c1=O)Nc1nc(-c2ccc3c(c2)CCCC3)cs1. The van der Waals surface area contributed by atoms with Gasteiger partial charge in [0.25, 0.3) is 5.56 Å². The lowest BCUT2D eigenvalue weighted by atomic mass is 9.90. The van der Waals surface area contributed by atoms with Crippen LogP contribution in [-0.4, -0.2) is 20.7 Å². The van der Waals surface area contributed by atoms with Gasteiger partial charge in [-0.25, -0.2) is 9.67 Å². The summed E-state index contributed by atoms with van der Waals surface area (Å²) in [6.45, 7) is -0.155. The summed E-state index contributed by atoms with van der Waals surface area (Å²) in [5.74, 6) is -0.328. The highest BCUT2D eigenvalue weighted by Crippen LogP contribution is 2.29. The number of hydrogen-bond acceptors (Lipinski definition) is 5. The van der Waals surface area contributed by atoms with Gasteiger partial charge in [0.05, 0.1) is 17.3 Å². The Morgan fingerprint density at radius 3 is 2.83 bits per heavy atom. The third-order valence-corrected chi connectivity index (χ3v) is 6.21. The zero-order valence-electron chi connectivity index (χ0n) is 16.3. The molecule has 1 N–H and O–H groups in total. The summed E-state index contributed by atoms with van der Waals surface area (Å²) in [4.78, 5) is 29.6. The second kappa shape index (κ2) is 7.84. The lowest BCUT2D eigenvalue weighted by Crippen LogP contribution is -2.29. The molecular formula is C23H20N4O2S. The van der Waals surface area contributed by atoms with E-state index in [1.165, 1.54) is 40.0 Å². The van der Waals surface area contributed by atoms with Crippen LogP contribution in [0.2, 0.25) is 0 Å². The first-order chi connectivity index (χ1) is 14.7. The maximum atomic E-state index is 12.5. The molecule has 0 saturated carbocycles. The quantitative estimate of drug-likeness (QED) is 0.545. The average molecular weight is 417 g/mol. The van der Waals surface area contributed by atoms with Crippen molar-refractivity contribution in [3.05, 3.63) is 75.5 Å². The number of aryl methyl sites for hydroxylation is 2. The Bertz CT molecular complexity index is 1310. The predicted molar refractivity (Wildman–Crippen MR) is 119 cm³/mol. The standard InChI is InChI=1S/C23H20N4O2S/c28-21(13-27-22(29)19-8-4-3-7-18(19)12-24-27)26-23-25-20(14-30-23)17-10-9-15-5-1-2-6-16(15)11-17/h3-4,7-12,14H,1-2,5-6,13H2,(H,25,26,28). The first kappa shape index (κ1) is 18.7. The van der Waals surface area contributed by atoms with E-state index in [4.69, 9.17) is 0 Å². The van der Waals surface area contributed by atoms with E-state index >= 15 is 0 Å². The lowest BCUT2D eigenvalue weighted by molar-refractivity contribution is -0.117. The molecule has 1 aliphatic rings. The fourth-order valence-corrected chi connectivity index (χ4v) is 4.63. The normalized spacial score (nSPS) is 13.2. The minimum Gasteiger partial charge on any atom is -0.300 e. The highest BCUT2D eigenvalue weighted by molar-refractivity contribution is 7.14. The Morgan fingerprint density at radius 2 is 1.93 bits per heavy atom. The van der Waals surface area contributed by atoms with Gasteiger partial charge in [-0.05, 0) is 48.9 Å². The van der Waals surface area contributed by atoms with Crippen molar-refractivity contribution in [1.82, 2.24) is 14.8 Å². The molecule has 1 amide bonds. The van der Waals surface area contributed by atoms with Gasteiger partial charge in [0, 0.05) is 16.3 Å². The second-order valence-corrected chi connectivity index (χ2v) is 8.33. The minimum atomic E-state index is -0.328.